The van der Waals surface area contributed by atoms with E-state index in [0.717, 1.165) is 12.1 Å². The van der Waals surface area contributed by atoms with Gasteiger partial charge in [0, 0.05) is 0 Å². The van der Waals surface area contributed by atoms with Crippen LogP contribution in [-0.2, 0) is 6.16 Å². The lowest BCUT2D eigenvalue weighted by Crippen LogP contribution is -1.97. The Balaban J connectivity index is 2.46. The van der Waals surface area contributed by atoms with Crippen molar-refractivity contribution in [3.05, 3.63) is 47.0 Å². The molecule has 0 fully saturated rings. The van der Waals surface area contributed by atoms with E-state index in [9.17, 15) is 0 Å². The zero-order chi connectivity index (χ0) is 15.7. The van der Waals surface area contributed by atoms with Crippen molar-refractivity contribution in [1.82, 2.24) is 0 Å². The van der Waals surface area contributed by atoms with Crippen molar-refractivity contribution in [2.75, 3.05) is 0 Å². The second-order valence-corrected chi connectivity index (χ2v) is 6.77. The van der Waals surface area contributed by atoms with Gasteiger partial charge in [0.25, 0.3) is 0 Å². The van der Waals surface area contributed by atoms with Crippen molar-refractivity contribution in [3.63, 3.8) is 0 Å². The lowest BCUT2D eigenvalue weighted by atomic mass is 9.92. The molecule has 2 unspecified atom stereocenters. The highest BCUT2D eigenvalue weighted by Gasteiger charge is 2.07. The minimum atomic E-state index is 0.618. The Morgan fingerprint density at radius 2 is 1.76 bits per heavy atom. The minimum Gasteiger partial charge on any atom is -0.133 e. The van der Waals surface area contributed by atoms with Crippen molar-refractivity contribution in [3.8, 4) is 0 Å². The molecule has 0 bridgehead atoms. The van der Waals surface area contributed by atoms with Crippen LogP contribution < -0.4 is 0 Å². The molecular formula is C20H33P. The Hall–Kier alpha value is -0.610. The Morgan fingerprint density at radius 3 is 2.29 bits per heavy atom. The molecule has 0 saturated heterocycles. The topological polar surface area (TPSA) is 0 Å². The summed E-state index contributed by atoms with van der Waals surface area (Å²) < 4.78 is 0. The predicted octanol–water partition coefficient (Wildman–Crippen LogP) is 6.72. The van der Waals surface area contributed by atoms with Crippen LogP contribution in [0.5, 0.6) is 0 Å². The molecule has 1 aromatic carbocycles. The smallest absolute Gasteiger partial charge is 0.0128 e. The average Bonchev–Trinajstić information content (AvgIpc) is 2.51. The quantitative estimate of drug-likeness (QED) is 0.351. The first kappa shape index (κ1) is 18.4. The van der Waals surface area contributed by atoms with E-state index in [0.29, 0.717) is 5.92 Å². The third-order valence-corrected chi connectivity index (χ3v) is 5.11. The van der Waals surface area contributed by atoms with E-state index in [1.807, 2.05) is 0 Å². The number of rotatable bonds is 9. The van der Waals surface area contributed by atoms with Gasteiger partial charge in [-0.05, 0) is 55.3 Å². The molecule has 0 nitrogen and oxygen atoms in total. The van der Waals surface area contributed by atoms with Gasteiger partial charge in [0.05, 0.1) is 0 Å². The fraction of sp³-hybridized carbons (Fsp3) is 0.600. The number of hydrogen-bond acceptors (Lipinski definition) is 0. The summed E-state index contributed by atoms with van der Waals surface area (Å²) in [6, 6.07) is 9.10. The Morgan fingerprint density at radius 1 is 1.14 bits per heavy atom. The molecule has 0 saturated carbocycles. The van der Waals surface area contributed by atoms with Crippen LogP contribution >= 0.6 is 9.24 Å². The molecule has 0 radical (unpaired) electrons. The van der Waals surface area contributed by atoms with E-state index < -0.39 is 0 Å². The van der Waals surface area contributed by atoms with Crippen LogP contribution in [0.2, 0.25) is 0 Å². The first-order chi connectivity index (χ1) is 10.1. The molecule has 1 aromatic rings. The van der Waals surface area contributed by atoms with Crippen LogP contribution in [0.4, 0.5) is 0 Å². The summed E-state index contributed by atoms with van der Waals surface area (Å²) in [5.41, 5.74) is 4.40. The summed E-state index contributed by atoms with van der Waals surface area (Å²) in [4.78, 5) is 0. The van der Waals surface area contributed by atoms with E-state index in [4.69, 9.17) is 0 Å². The van der Waals surface area contributed by atoms with Crippen molar-refractivity contribution in [2.45, 2.75) is 71.9 Å². The zero-order valence-electron chi connectivity index (χ0n) is 14.4. The maximum Gasteiger partial charge on any atom is -0.0128 e. The fourth-order valence-electron chi connectivity index (χ4n) is 2.93. The van der Waals surface area contributed by atoms with Gasteiger partial charge in [0.1, 0.15) is 0 Å². The molecule has 0 aliphatic rings. The molecule has 0 aliphatic carbocycles. The highest BCUT2D eigenvalue weighted by Crippen LogP contribution is 2.24. The van der Waals surface area contributed by atoms with Crippen molar-refractivity contribution < 1.29 is 0 Å². The summed E-state index contributed by atoms with van der Waals surface area (Å²) >= 11 is 0. The Labute approximate surface area is 134 Å². The highest BCUT2D eigenvalue weighted by molar-refractivity contribution is 7.15. The standard InChI is InChI=1S/C20H33P/c1-5-18(6-2)9-7-8-16(3)14-17(4)20-12-10-19(15-21)11-13-20/h8,10-13,17-18H,5-7,9,14-15,21H2,1-4H3/b16-8+. The molecule has 0 aromatic heterocycles. The van der Waals surface area contributed by atoms with Gasteiger partial charge in [-0.15, -0.1) is 9.24 Å². The molecule has 2 atom stereocenters. The van der Waals surface area contributed by atoms with Gasteiger partial charge in [0.15, 0.2) is 0 Å². The van der Waals surface area contributed by atoms with Crippen molar-refractivity contribution in [1.29, 1.82) is 0 Å². The second kappa shape index (κ2) is 10.2. The largest absolute Gasteiger partial charge is 0.133 e. The lowest BCUT2D eigenvalue weighted by molar-refractivity contribution is 0.459. The first-order valence-corrected chi connectivity index (χ1v) is 9.36. The zero-order valence-corrected chi connectivity index (χ0v) is 15.5. The molecule has 1 rings (SSSR count). The van der Waals surface area contributed by atoms with E-state index in [-0.39, 0.29) is 0 Å². The van der Waals surface area contributed by atoms with E-state index in [1.54, 1.807) is 5.57 Å². The summed E-state index contributed by atoms with van der Waals surface area (Å²) in [5, 5.41) is 0. The summed E-state index contributed by atoms with van der Waals surface area (Å²) in [5.74, 6) is 1.53. The number of hydrogen-bond donors (Lipinski definition) is 0. The van der Waals surface area contributed by atoms with Gasteiger partial charge in [-0.3, -0.25) is 0 Å². The monoisotopic (exact) mass is 304 g/mol. The molecule has 1 heteroatoms. The van der Waals surface area contributed by atoms with Crippen LogP contribution in [0.25, 0.3) is 0 Å². The molecule has 0 aliphatic heterocycles. The van der Waals surface area contributed by atoms with Gasteiger partial charge in [-0.25, -0.2) is 0 Å². The first-order valence-electron chi connectivity index (χ1n) is 8.55. The summed E-state index contributed by atoms with van der Waals surface area (Å²) in [6.45, 7) is 9.25. The van der Waals surface area contributed by atoms with Crippen LogP contribution in [-0.4, -0.2) is 0 Å². The number of benzene rings is 1. The van der Waals surface area contributed by atoms with Gasteiger partial charge in [0.2, 0.25) is 0 Å². The van der Waals surface area contributed by atoms with Gasteiger partial charge in [-0.1, -0.05) is 69.5 Å². The molecule has 0 heterocycles. The molecule has 0 amide bonds. The predicted molar refractivity (Wildman–Crippen MR) is 100.0 cm³/mol. The fourth-order valence-corrected chi connectivity index (χ4v) is 3.20. The summed E-state index contributed by atoms with van der Waals surface area (Å²) in [6.07, 6.45) is 9.93. The SMILES string of the molecule is CCC(CC)CC/C=C(\C)CC(C)c1ccc(CP)cc1. The van der Waals surface area contributed by atoms with Crippen LogP contribution in [0, 0.1) is 5.92 Å². The van der Waals surface area contributed by atoms with E-state index in [2.05, 4.69) is 67.3 Å². The molecule has 118 valence electrons. The van der Waals surface area contributed by atoms with Gasteiger partial charge >= 0.3 is 0 Å². The van der Waals surface area contributed by atoms with Gasteiger partial charge < -0.3 is 0 Å². The third-order valence-electron chi connectivity index (χ3n) is 4.64. The van der Waals surface area contributed by atoms with Crippen LogP contribution in [0.3, 0.4) is 0 Å². The van der Waals surface area contributed by atoms with Gasteiger partial charge in [-0.2, -0.15) is 0 Å². The maximum atomic E-state index is 2.79. The van der Waals surface area contributed by atoms with Crippen LogP contribution in [0.15, 0.2) is 35.9 Å². The Bertz CT molecular complexity index is 412. The second-order valence-electron chi connectivity index (χ2n) is 6.36. The highest BCUT2D eigenvalue weighted by atomic mass is 31.0. The third kappa shape index (κ3) is 6.79. The van der Waals surface area contributed by atoms with E-state index in [1.165, 1.54) is 43.2 Å². The normalized spacial score (nSPS) is 13.7. The van der Waals surface area contributed by atoms with Crippen molar-refractivity contribution in [2.24, 2.45) is 5.92 Å². The van der Waals surface area contributed by atoms with Crippen LogP contribution in [0.1, 0.15) is 76.8 Å². The minimum absolute atomic E-state index is 0.618. The molecule has 21 heavy (non-hydrogen) atoms. The average molecular weight is 304 g/mol. The Kier molecular flexibility index (Phi) is 8.93. The lowest BCUT2D eigenvalue weighted by Gasteiger charge is -2.14. The summed E-state index contributed by atoms with van der Waals surface area (Å²) in [7, 11) is 2.79. The van der Waals surface area contributed by atoms with E-state index >= 15 is 0 Å². The maximum absolute atomic E-state index is 2.79. The van der Waals surface area contributed by atoms with Crippen molar-refractivity contribution >= 4 is 9.24 Å². The molecule has 0 spiro atoms. The number of allylic oxidation sites excluding steroid dienone is 2. The molecular weight excluding hydrogens is 271 g/mol. The molecule has 0 N–H and O–H groups in total.